The summed E-state index contributed by atoms with van der Waals surface area (Å²) in [7, 11) is 0. The van der Waals surface area contributed by atoms with E-state index in [1.54, 1.807) is 31.5 Å². The van der Waals surface area contributed by atoms with E-state index < -0.39 is 5.60 Å². The van der Waals surface area contributed by atoms with Crippen molar-refractivity contribution in [3.05, 3.63) is 48.0 Å². The van der Waals surface area contributed by atoms with E-state index in [1.165, 1.54) is 12.8 Å². The highest BCUT2D eigenvalue weighted by Gasteiger charge is 2.26. The first-order chi connectivity index (χ1) is 13.1. The minimum absolute atomic E-state index is 0.276. The molecule has 0 aliphatic heterocycles. The zero-order valence-corrected chi connectivity index (χ0v) is 15.9. The molecule has 146 valence electrons. The molecule has 7 heteroatoms. The summed E-state index contributed by atoms with van der Waals surface area (Å²) < 4.78 is 11.0. The average Bonchev–Trinajstić information content (AvgIpc) is 3.32. The second-order valence-electron chi connectivity index (χ2n) is 7.06. The van der Waals surface area contributed by atoms with Crippen LogP contribution in [0.4, 0.5) is 0 Å². The predicted octanol–water partition coefficient (Wildman–Crippen LogP) is 2.43. The molecule has 27 heavy (non-hydrogen) atoms. The average molecular weight is 372 g/mol. The van der Waals surface area contributed by atoms with Crippen LogP contribution in [0.15, 0.2) is 46.1 Å². The van der Waals surface area contributed by atoms with Crippen LogP contribution in [-0.4, -0.2) is 35.7 Å². The Morgan fingerprint density at radius 3 is 2.85 bits per heavy atom. The number of ether oxygens (including phenoxy) is 1. The maximum Gasteiger partial charge on any atom is 0.213 e. The minimum atomic E-state index is -1.12. The van der Waals surface area contributed by atoms with E-state index in [9.17, 15) is 5.11 Å². The van der Waals surface area contributed by atoms with E-state index in [0.29, 0.717) is 30.1 Å². The molecule has 1 aliphatic carbocycles. The Hall–Kier alpha value is -2.54. The monoisotopic (exact) mass is 372 g/mol. The summed E-state index contributed by atoms with van der Waals surface area (Å²) in [6.07, 6.45) is 5.86. The number of aromatic nitrogens is 1. The van der Waals surface area contributed by atoms with Crippen molar-refractivity contribution in [2.24, 2.45) is 10.9 Å². The molecule has 3 N–H and O–H groups in total. The molecule has 3 rings (SSSR count). The molecule has 0 amide bonds. The van der Waals surface area contributed by atoms with Gasteiger partial charge in [-0.3, -0.25) is 0 Å². The van der Waals surface area contributed by atoms with Crippen molar-refractivity contribution in [3.8, 4) is 5.88 Å². The highest BCUT2D eigenvalue weighted by Crippen LogP contribution is 2.29. The van der Waals surface area contributed by atoms with Gasteiger partial charge < -0.3 is 24.9 Å². The Labute approximate surface area is 159 Å². The Bertz CT molecular complexity index is 722. The van der Waals surface area contributed by atoms with E-state index in [0.717, 1.165) is 18.7 Å². The molecule has 2 aromatic heterocycles. The van der Waals surface area contributed by atoms with E-state index in [1.807, 2.05) is 19.1 Å². The van der Waals surface area contributed by atoms with Crippen molar-refractivity contribution >= 4 is 5.96 Å². The molecule has 0 spiro atoms. The normalized spacial score (nSPS) is 16.6. The van der Waals surface area contributed by atoms with Gasteiger partial charge in [-0.2, -0.15) is 0 Å². The summed E-state index contributed by atoms with van der Waals surface area (Å²) >= 11 is 0. The van der Waals surface area contributed by atoms with Gasteiger partial charge >= 0.3 is 0 Å². The van der Waals surface area contributed by atoms with Crippen LogP contribution in [0.3, 0.4) is 0 Å². The predicted molar refractivity (Wildman–Crippen MR) is 104 cm³/mol. The van der Waals surface area contributed by atoms with Crippen LogP contribution < -0.4 is 15.4 Å². The lowest BCUT2D eigenvalue weighted by atomic mass is 10.0. The first-order valence-electron chi connectivity index (χ1n) is 9.43. The number of furan rings is 1. The number of hydrogen-bond acceptors (Lipinski definition) is 5. The molecule has 0 bridgehead atoms. The van der Waals surface area contributed by atoms with Crippen molar-refractivity contribution in [2.75, 3.05) is 19.7 Å². The number of guanidine groups is 1. The summed E-state index contributed by atoms with van der Waals surface area (Å²) in [5.41, 5.74) is -0.134. The fraction of sp³-hybridized carbons (Fsp3) is 0.500. The Morgan fingerprint density at radius 1 is 1.37 bits per heavy atom. The fourth-order valence-corrected chi connectivity index (χ4v) is 2.52. The largest absolute Gasteiger partial charge is 0.477 e. The number of aliphatic hydroxyl groups is 1. The summed E-state index contributed by atoms with van der Waals surface area (Å²) in [5.74, 6) is 2.51. The molecular weight excluding hydrogens is 344 g/mol. The molecule has 1 atom stereocenters. The molecule has 2 aromatic rings. The lowest BCUT2D eigenvalue weighted by molar-refractivity contribution is 0.0386. The van der Waals surface area contributed by atoms with Gasteiger partial charge in [0, 0.05) is 18.8 Å². The van der Waals surface area contributed by atoms with Crippen LogP contribution in [0, 0.1) is 5.92 Å². The molecule has 2 heterocycles. The SMILES string of the molecule is CCNC(=NCc1ccc(OCC2CC2)nc1)NCC(C)(O)c1ccco1. The molecule has 1 unspecified atom stereocenters. The summed E-state index contributed by atoms with van der Waals surface area (Å²) in [6.45, 7) is 5.93. The van der Waals surface area contributed by atoms with Crippen LogP contribution in [-0.2, 0) is 12.1 Å². The van der Waals surface area contributed by atoms with Gasteiger partial charge in [-0.25, -0.2) is 9.98 Å². The maximum atomic E-state index is 10.5. The van der Waals surface area contributed by atoms with Gasteiger partial charge in [-0.1, -0.05) is 6.07 Å². The molecular formula is C20H28N4O3. The number of pyridine rings is 1. The van der Waals surface area contributed by atoms with Crippen molar-refractivity contribution in [1.29, 1.82) is 0 Å². The van der Waals surface area contributed by atoms with Crippen LogP contribution in [0.2, 0.25) is 0 Å². The van der Waals surface area contributed by atoms with Gasteiger partial charge in [-0.15, -0.1) is 0 Å². The number of rotatable bonds is 9. The summed E-state index contributed by atoms with van der Waals surface area (Å²) in [4.78, 5) is 8.89. The standard InChI is InChI=1S/C20H28N4O3/c1-3-21-19(24-14-20(2,25)17-5-4-10-26-17)23-12-16-8-9-18(22-11-16)27-13-15-6-7-15/h4-5,8-11,15,25H,3,6-7,12-14H2,1-2H3,(H2,21,23,24). The van der Waals surface area contributed by atoms with Crippen molar-refractivity contribution < 1.29 is 14.3 Å². The molecule has 0 radical (unpaired) electrons. The molecule has 1 saturated carbocycles. The molecule has 1 fully saturated rings. The number of nitrogens with one attached hydrogen (secondary N) is 2. The molecule has 0 saturated heterocycles. The maximum absolute atomic E-state index is 10.5. The van der Waals surface area contributed by atoms with E-state index in [4.69, 9.17) is 9.15 Å². The third-order valence-electron chi connectivity index (χ3n) is 4.38. The second-order valence-corrected chi connectivity index (χ2v) is 7.06. The van der Waals surface area contributed by atoms with Crippen molar-refractivity contribution in [3.63, 3.8) is 0 Å². The number of aliphatic imine (C=N–C) groups is 1. The third kappa shape index (κ3) is 5.99. The van der Waals surface area contributed by atoms with E-state index in [-0.39, 0.29) is 6.54 Å². The van der Waals surface area contributed by atoms with Crippen LogP contribution in [0.1, 0.15) is 38.0 Å². The van der Waals surface area contributed by atoms with Crippen molar-refractivity contribution in [1.82, 2.24) is 15.6 Å². The van der Waals surface area contributed by atoms with Gasteiger partial charge in [0.25, 0.3) is 0 Å². The molecule has 1 aliphatic rings. The lowest BCUT2D eigenvalue weighted by Crippen LogP contribution is -2.44. The molecule has 0 aromatic carbocycles. The Kier molecular flexibility index (Phi) is 6.34. The third-order valence-corrected chi connectivity index (χ3v) is 4.38. The van der Waals surface area contributed by atoms with Gasteiger partial charge in [0.05, 0.1) is 26.0 Å². The van der Waals surface area contributed by atoms with Gasteiger partial charge in [-0.05, 0) is 50.3 Å². The highest BCUT2D eigenvalue weighted by molar-refractivity contribution is 5.79. The van der Waals surface area contributed by atoms with Gasteiger partial charge in [0.15, 0.2) is 5.96 Å². The number of hydrogen-bond donors (Lipinski definition) is 3. The van der Waals surface area contributed by atoms with Crippen LogP contribution in [0.5, 0.6) is 5.88 Å². The quantitative estimate of drug-likeness (QED) is 0.462. The second kappa shape index (κ2) is 8.90. The van der Waals surface area contributed by atoms with Crippen molar-refractivity contribution in [2.45, 2.75) is 38.8 Å². The van der Waals surface area contributed by atoms with E-state index >= 15 is 0 Å². The Morgan fingerprint density at radius 2 is 2.22 bits per heavy atom. The lowest BCUT2D eigenvalue weighted by Gasteiger charge is -2.22. The van der Waals surface area contributed by atoms with Gasteiger partial charge in [0.1, 0.15) is 11.4 Å². The first kappa shape index (κ1) is 19.2. The van der Waals surface area contributed by atoms with Crippen LogP contribution in [0.25, 0.3) is 0 Å². The fourth-order valence-electron chi connectivity index (χ4n) is 2.52. The summed E-state index contributed by atoms with van der Waals surface area (Å²) in [5, 5.41) is 16.9. The summed E-state index contributed by atoms with van der Waals surface area (Å²) in [6, 6.07) is 7.37. The van der Waals surface area contributed by atoms with E-state index in [2.05, 4.69) is 20.6 Å². The Balaban J connectivity index is 1.53. The smallest absolute Gasteiger partial charge is 0.213 e. The zero-order chi connectivity index (χ0) is 19.1. The van der Waals surface area contributed by atoms with Gasteiger partial charge in [0.2, 0.25) is 5.88 Å². The number of nitrogens with zero attached hydrogens (tertiary/aromatic N) is 2. The minimum Gasteiger partial charge on any atom is -0.477 e. The topological polar surface area (TPSA) is 91.9 Å². The first-order valence-corrected chi connectivity index (χ1v) is 9.43. The zero-order valence-electron chi connectivity index (χ0n) is 15.9. The highest BCUT2D eigenvalue weighted by atomic mass is 16.5. The molecule has 7 nitrogen and oxygen atoms in total. The van der Waals surface area contributed by atoms with Crippen LogP contribution >= 0.6 is 0 Å².